The van der Waals surface area contributed by atoms with Crippen LogP contribution >= 0.6 is 0 Å². The average Bonchev–Trinajstić information content (AvgIpc) is 2.14. The lowest BCUT2D eigenvalue weighted by Crippen LogP contribution is -2.38. The van der Waals surface area contributed by atoms with Crippen molar-refractivity contribution in [3.63, 3.8) is 0 Å². The van der Waals surface area contributed by atoms with Gasteiger partial charge in [-0.3, -0.25) is 4.79 Å². The van der Waals surface area contributed by atoms with Crippen molar-refractivity contribution in [2.45, 2.75) is 31.5 Å². The van der Waals surface area contributed by atoms with Crippen LogP contribution in [0.3, 0.4) is 0 Å². The van der Waals surface area contributed by atoms with Gasteiger partial charge in [0, 0.05) is 19.3 Å². The van der Waals surface area contributed by atoms with E-state index in [0.29, 0.717) is 12.2 Å². The number of para-hydroxylation sites is 1. The Morgan fingerprint density at radius 1 is 1.56 bits per heavy atom. The number of benzene rings is 1. The fourth-order valence-corrected chi connectivity index (χ4v) is 2.15. The molecule has 4 heteroatoms. The molecule has 0 bridgehead atoms. The Morgan fingerprint density at radius 3 is 2.94 bits per heavy atom. The van der Waals surface area contributed by atoms with Gasteiger partial charge in [0.05, 0.1) is 6.42 Å². The van der Waals surface area contributed by atoms with Gasteiger partial charge in [-0.2, -0.15) is 0 Å². The number of hydrogen-bond donors (Lipinski definition) is 2. The van der Waals surface area contributed by atoms with Gasteiger partial charge in [0.25, 0.3) is 0 Å². The predicted molar refractivity (Wildman–Crippen MR) is 57.3 cm³/mol. The molecule has 1 aliphatic heterocycles. The molecule has 0 aromatic heterocycles. The second-order valence-corrected chi connectivity index (χ2v) is 4.31. The summed E-state index contributed by atoms with van der Waals surface area (Å²) >= 11 is 0. The van der Waals surface area contributed by atoms with Gasteiger partial charge in [0.15, 0.2) is 0 Å². The normalized spacial score (nSPS) is 28.0. The highest BCUT2D eigenvalue weighted by atomic mass is 16.6. The van der Waals surface area contributed by atoms with Crippen LogP contribution in [0.2, 0.25) is 0 Å². The molecule has 1 aliphatic rings. The largest absolute Gasteiger partial charge is 0.481 e. The molecule has 86 valence electrons. The van der Waals surface area contributed by atoms with E-state index >= 15 is 0 Å². The molecule has 0 radical (unpaired) electrons. The molecule has 2 atom stereocenters. The van der Waals surface area contributed by atoms with E-state index in [0.717, 1.165) is 5.56 Å². The number of aliphatic carboxylic acids is 1. The monoisotopic (exact) mass is 222 g/mol. The first-order valence-corrected chi connectivity index (χ1v) is 5.20. The number of hydrogen-bond acceptors (Lipinski definition) is 3. The van der Waals surface area contributed by atoms with Crippen LogP contribution in [-0.4, -0.2) is 22.0 Å². The van der Waals surface area contributed by atoms with Crippen LogP contribution in [0, 0.1) is 0 Å². The van der Waals surface area contributed by atoms with Crippen LogP contribution in [0.5, 0.6) is 5.75 Å². The molecule has 1 aromatic carbocycles. The van der Waals surface area contributed by atoms with Gasteiger partial charge in [0.2, 0.25) is 5.79 Å². The van der Waals surface area contributed by atoms with E-state index in [1.807, 2.05) is 12.1 Å². The molecule has 0 spiro atoms. The van der Waals surface area contributed by atoms with Gasteiger partial charge in [-0.15, -0.1) is 0 Å². The first-order valence-electron chi connectivity index (χ1n) is 5.20. The quantitative estimate of drug-likeness (QED) is 0.799. The number of carbonyl (C=O) groups is 1. The number of aliphatic hydroxyl groups is 1. The average molecular weight is 222 g/mol. The minimum Gasteiger partial charge on any atom is -0.481 e. The maximum Gasteiger partial charge on any atom is 0.303 e. The van der Waals surface area contributed by atoms with Crippen LogP contribution in [0.1, 0.15) is 31.2 Å². The molecule has 1 aromatic rings. The van der Waals surface area contributed by atoms with E-state index in [1.165, 1.54) is 0 Å². The molecule has 0 aliphatic carbocycles. The van der Waals surface area contributed by atoms with Gasteiger partial charge < -0.3 is 14.9 Å². The summed E-state index contributed by atoms with van der Waals surface area (Å²) in [6.45, 7) is 1.55. The summed E-state index contributed by atoms with van der Waals surface area (Å²) < 4.78 is 5.39. The highest BCUT2D eigenvalue weighted by Gasteiger charge is 2.36. The Balaban J connectivity index is 2.35. The molecule has 0 saturated carbocycles. The fourth-order valence-electron chi connectivity index (χ4n) is 2.15. The standard InChI is InChI=1S/C12H14O4/c1-12(15)7-8(6-11(13)14)9-4-2-3-5-10(9)16-12/h2-5,8,15H,6-7H2,1H3,(H,13,14). The van der Waals surface area contributed by atoms with Crippen LogP contribution in [0.25, 0.3) is 0 Å². The highest BCUT2D eigenvalue weighted by molar-refractivity contribution is 5.68. The molecule has 2 unspecified atom stereocenters. The van der Waals surface area contributed by atoms with E-state index in [2.05, 4.69) is 0 Å². The molecular weight excluding hydrogens is 208 g/mol. The van der Waals surface area contributed by atoms with Gasteiger partial charge in [-0.05, 0) is 11.6 Å². The van der Waals surface area contributed by atoms with Crippen LogP contribution in [0.15, 0.2) is 24.3 Å². The van der Waals surface area contributed by atoms with Crippen LogP contribution in [-0.2, 0) is 4.79 Å². The molecular formula is C12H14O4. The molecule has 0 amide bonds. The zero-order chi connectivity index (χ0) is 11.8. The minimum absolute atomic E-state index is 0.0104. The number of rotatable bonds is 2. The van der Waals surface area contributed by atoms with Crippen molar-refractivity contribution >= 4 is 5.97 Å². The smallest absolute Gasteiger partial charge is 0.303 e. The van der Waals surface area contributed by atoms with Crippen LogP contribution < -0.4 is 4.74 Å². The molecule has 0 fully saturated rings. The summed E-state index contributed by atoms with van der Waals surface area (Å²) in [4.78, 5) is 10.8. The third kappa shape index (κ3) is 2.17. The summed E-state index contributed by atoms with van der Waals surface area (Å²) in [6, 6.07) is 7.24. The Hall–Kier alpha value is -1.55. The van der Waals surface area contributed by atoms with Gasteiger partial charge in [-0.1, -0.05) is 18.2 Å². The van der Waals surface area contributed by atoms with Crippen molar-refractivity contribution in [2.75, 3.05) is 0 Å². The Morgan fingerprint density at radius 2 is 2.25 bits per heavy atom. The molecule has 16 heavy (non-hydrogen) atoms. The van der Waals surface area contributed by atoms with Gasteiger partial charge in [-0.25, -0.2) is 0 Å². The van der Waals surface area contributed by atoms with E-state index in [9.17, 15) is 9.90 Å². The van der Waals surface area contributed by atoms with Crippen molar-refractivity contribution < 1.29 is 19.7 Å². The van der Waals surface area contributed by atoms with Crippen molar-refractivity contribution in [1.82, 2.24) is 0 Å². The van der Waals surface area contributed by atoms with E-state index < -0.39 is 11.8 Å². The summed E-state index contributed by atoms with van der Waals surface area (Å²) in [7, 11) is 0. The second kappa shape index (κ2) is 3.79. The maximum atomic E-state index is 10.8. The lowest BCUT2D eigenvalue weighted by atomic mass is 9.86. The van der Waals surface area contributed by atoms with Gasteiger partial charge >= 0.3 is 5.97 Å². The first-order chi connectivity index (χ1) is 7.48. The molecule has 4 nitrogen and oxygen atoms in total. The van der Waals surface area contributed by atoms with Crippen molar-refractivity contribution in [1.29, 1.82) is 0 Å². The molecule has 1 heterocycles. The van der Waals surface area contributed by atoms with Crippen molar-refractivity contribution in [3.05, 3.63) is 29.8 Å². The number of carboxylic acid groups (broad SMARTS) is 1. The van der Waals surface area contributed by atoms with E-state index in [-0.39, 0.29) is 12.3 Å². The van der Waals surface area contributed by atoms with Crippen molar-refractivity contribution in [3.8, 4) is 5.75 Å². The highest BCUT2D eigenvalue weighted by Crippen LogP contribution is 2.41. The second-order valence-electron chi connectivity index (χ2n) is 4.31. The summed E-state index contributed by atoms with van der Waals surface area (Å²) in [6.07, 6.45) is 0.312. The number of fused-ring (bicyclic) bond motifs is 1. The third-order valence-electron chi connectivity index (χ3n) is 2.73. The zero-order valence-corrected chi connectivity index (χ0v) is 9.01. The lowest BCUT2D eigenvalue weighted by Gasteiger charge is -2.35. The summed E-state index contributed by atoms with van der Waals surface area (Å²) in [5.74, 6) is -1.77. The minimum atomic E-state index is -1.28. The third-order valence-corrected chi connectivity index (χ3v) is 2.73. The molecule has 2 rings (SSSR count). The maximum absolute atomic E-state index is 10.8. The van der Waals surface area contributed by atoms with E-state index in [4.69, 9.17) is 9.84 Å². The topological polar surface area (TPSA) is 66.8 Å². The Kier molecular flexibility index (Phi) is 2.59. The summed E-state index contributed by atoms with van der Waals surface area (Å²) in [5.41, 5.74) is 0.858. The fraction of sp³-hybridized carbons (Fsp3) is 0.417. The van der Waals surface area contributed by atoms with Crippen LogP contribution in [0.4, 0.5) is 0 Å². The molecule has 0 saturated heterocycles. The Labute approximate surface area is 93.5 Å². The SMILES string of the molecule is CC1(O)CC(CC(=O)O)c2ccccc2O1. The number of ether oxygens (including phenoxy) is 1. The Bertz CT molecular complexity index is 411. The summed E-state index contributed by atoms with van der Waals surface area (Å²) in [5, 5.41) is 18.7. The lowest BCUT2D eigenvalue weighted by molar-refractivity contribution is -0.147. The molecule has 2 N–H and O–H groups in total. The zero-order valence-electron chi connectivity index (χ0n) is 9.01. The van der Waals surface area contributed by atoms with Gasteiger partial charge in [0.1, 0.15) is 5.75 Å². The van der Waals surface area contributed by atoms with Crippen molar-refractivity contribution in [2.24, 2.45) is 0 Å². The van der Waals surface area contributed by atoms with E-state index in [1.54, 1.807) is 19.1 Å². The number of carboxylic acids is 1. The first kappa shape index (κ1) is 11.0. The predicted octanol–water partition coefficient (Wildman–Crippen LogP) is 1.74.